The maximum absolute atomic E-state index is 5.64. The number of ether oxygens (including phenoxy) is 1. The summed E-state index contributed by atoms with van der Waals surface area (Å²) in [5.41, 5.74) is 2.53. The Bertz CT molecular complexity index is 725. The van der Waals surface area contributed by atoms with Gasteiger partial charge in [-0.2, -0.15) is 10.2 Å². The van der Waals surface area contributed by atoms with Gasteiger partial charge in [0.25, 0.3) is 0 Å². The molecule has 0 amide bonds. The molecule has 1 spiro atoms. The van der Waals surface area contributed by atoms with Crippen molar-refractivity contribution in [3.05, 3.63) is 24.4 Å². The van der Waals surface area contributed by atoms with E-state index in [1.54, 1.807) is 7.11 Å². The highest BCUT2D eigenvalue weighted by Crippen LogP contribution is 2.52. The third-order valence-corrected chi connectivity index (χ3v) is 5.87. The maximum atomic E-state index is 5.64. The van der Waals surface area contributed by atoms with Gasteiger partial charge in [-0.25, -0.2) is 4.31 Å². The van der Waals surface area contributed by atoms with Gasteiger partial charge < -0.3 is 9.64 Å². The molecule has 1 saturated heterocycles. The van der Waals surface area contributed by atoms with E-state index in [2.05, 4.69) is 32.5 Å². The van der Waals surface area contributed by atoms with Crippen LogP contribution in [0.3, 0.4) is 0 Å². The highest BCUT2D eigenvalue weighted by Gasteiger charge is 2.53. The van der Waals surface area contributed by atoms with Crippen molar-refractivity contribution in [2.45, 2.75) is 18.9 Å². The number of benzene rings is 1. The van der Waals surface area contributed by atoms with Crippen LogP contribution in [0.5, 0.6) is 5.75 Å². The predicted octanol–water partition coefficient (Wildman–Crippen LogP) is 2.06. The molecule has 4 rings (SSSR count). The molecule has 2 aliphatic rings. The van der Waals surface area contributed by atoms with Crippen LogP contribution in [-0.4, -0.2) is 47.8 Å². The van der Waals surface area contributed by atoms with Crippen LogP contribution in [0.2, 0.25) is 0 Å². The summed E-state index contributed by atoms with van der Waals surface area (Å²) in [7, 11) is 3.74. The zero-order valence-electron chi connectivity index (χ0n) is 13.4. The molecule has 1 aliphatic heterocycles. The van der Waals surface area contributed by atoms with E-state index in [9.17, 15) is 0 Å². The minimum atomic E-state index is 0.469. The fourth-order valence-corrected chi connectivity index (χ4v) is 4.20. The van der Waals surface area contributed by atoms with Crippen molar-refractivity contribution in [2.75, 3.05) is 32.1 Å². The summed E-state index contributed by atoms with van der Waals surface area (Å²) in [6.45, 7) is 2.19. The van der Waals surface area contributed by atoms with Crippen LogP contribution < -0.4 is 14.8 Å². The van der Waals surface area contributed by atoms with E-state index in [1.807, 2.05) is 18.3 Å². The van der Waals surface area contributed by atoms with Gasteiger partial charge in [0.05, 0.1) is 24.5 Å². The van der Waals surface area contributed by atoms with Crippen molar-refractivity contribution in [1.82, 2.24) is 14.5 Å². The number of anilines is 1. The van der Waals surface area contributed by atoms with Crippen LogP contribution in [0.1, 0.15) is 12.8 Å². The second kappa shape index (κ2) is 5.51. The van der Waals surface area contributed by atoms with Crippen molar-refractivity contribution in [2.24, 2.45) is 10.6 Å². The van der Waals surface area contributed by atoms with E-state index in [4.69, 9.17) is 9.88 Å². The van der Waals surface area contributed by atoms with Gasteiger partial charge >= 0.3 is 0 Å². The Morgan fingerprint density at radius 3 is 2.87 bits per heavy atom. The van der Waals surface area contributed by atoms with Crippen LogP contribution in [0.25, 0.3) is 10.9 Å². The number of nitrogens with zero attached hydrogens (tertiary/aromatic N) is 4. The van der Waals surface area contributed by atoms with E-state index < -0.39 is 0 Å². The Labute approximate surface area is 140 Å². The third kappa shape index (κ3) is 2.43. The zero-order chi connectivity index (χ0) is 16.0. The number of aromatic nitrogens is 2. The molecule has 2 aromatic rings. The first kappa shape index (κ1) is 15.0. The summed E-state index contributed by atoms with van der Waals surface area (Å²) >= 11 is 1.34. The molecular formula is C16H21N5OS. The third-order valence-electron chi connectivity index (χ3n) is 5.24. The molecule has 1 saturated carbocycles. The molecule has 2 N–H and O–H groups in total. The molecule has 6 nitrogen and oxygen atoms in total. The zero-order valence-corrected chi connectivity index (χ0v) is 14.2. The number of hydrogen-bond donors (Lipinski definition) is 1. The Hall–Kier alpha value is -1.57. The molecule has 0 bridgehead atoms. The van der Waals surface area contributed by atoms with Gasteiger partial charge in [-0.15, -0.1) is 0 Å². The molecule has 2 fully saturated rings. The van der Waals surface area contributed by atoms with Gasteiger partial charge in [-0.3, -0.25) is 5.14 Å². The fraction of sp³-hybridized carbons (Fsp3) is 0.500. The quantitative estimate of drug-likeness (QED) is 0.860. The van der Waals surface area contributed by atoms with Crippen LogP contribution in [0.4, 0.5) is 5.69 Å². The van der Waals surface area contributed by atoms with Crippen LogP contribution in [-0.2, 0) is 0 Å². The number of fused-ring (bicyclic) bond motifs is 1. The van der Waals surface area contributed by atoms with E-state index in [1.165, 1.54) is 30.7 Å². The first-order valence-electron chi connectivity index (χ1n) is 7.78. The Balaban J connectivity index is 1.50. The fourth-order valence-electron chi connectivity index (χ4n) is 3.88. The number of rotatable bonds is 4. The average molecular weight is 331 g/mol. The second-order valence-corrected chi connectivity index (χ2v) is 7.47. The Kier molecular flexibility index (Phi) is 3.59. The lowest BCUT2D eigenvalue weighted by atomic mass is 9.60. The molecule has 23 heavy (non-hydrogen) atoms. The normalized spacial score (nSPS) is 19.9. The summed E-state index contributed by atoms with van der Waals surface area (Å²) in [6, 6.07) is 6.61. The molecule has 0 atom stereocenters. The molecule has 7 heteroatoms. The molecule has 0 radical (unpaired) electrons. The van der Waals surface area contributed by atoms with E-state index in [0.717, 1.165) is 29.7 Å². The SMILES string of the molecule is COc1ccc2c(N3CC4(CC(N(C)SN)C4)C3)cnnc2c1. The topological polar surface area (TPSA) is 67.5 Å². The van der Waals surface area contributed by atoms with Gasteiger partial charge in [-0.05, 0) is 32.0 Å². The van der Waals surface area contributed by atoms with Crippen LogP contribution in [0, 0.1) is 5.41 Å². The lowest BCUT2D eigenvalue weighted by Gasteiger charge is -2.61. The monoisotopic (exact) mass is 331 g/mol. The van der Waals surface area contributed by atoms with Crippen molar-refractivity contribution < 1.29 is 4.74 Å². The second-order valence-electron chi connectivity index (χ2n) is 6.68. The first-order chi connectivity index (χ1) is 11.1. The minimum absolute atomic E-state index is 0.469. The molecule has 2 heterocycles. The van der Waals surface area contributed by atoms with Crippen molar-refractivity contribution >= 4 is 28.7 Å². The number of methoxy groups -OCH3 is 1. The van der Waals surface area contributed by atoms with E-state index in [0.29, 0.717) is 11.5 Å². The van der Waals surface area contributed by atoms with Gasteiger partial charge in [0, 0.05) is 48.1 Å². The summed E-state index contributed by atoms with van der Waals surface area (Å²) in [5, 5.41) is 15.2. The number of hydrogen-bond acceptors (Lipinski definition) is 7. The molecule has 1 aliphatic carbocycles. The van der Waals surface area contributed by atoms with E-state index in [-0.39, 0.29) is 0 Å². The number of nitrogens with two attached hydrogens (primary N) is 1. The van der Waals surface area contributed by atoms with Gasteiger partial charge in [0.15, 0.2) is 0 Å². The molecule has 1 aromatic carbocycles. The van der Waals surface area contributed by atoms with Gasteiger partial charge in [-0.1, -0.05) is 0 Å². The highest BCUT2D eigenvalue weighted by atomic mass is 32.2. The van der Waals surface area contributed by atoms with Crippen molar-refractivity contribution in [1.29, 1.82) is 0 Å². The lowest BCUT2D eigenvalue weighted by molar-refractivity contribution is 0.0245. The predicted molar refractivity (Wildman–Crippen MR) is 93.3 cm³/mol. The van der Waals surface area contributed by atoms with E-state index >= 15 is 0 Å². The van der Waals surface area contributed by atoms with Gasteiger partial charge in [0.2, 0.25) is 0 Å². The van der Waals surface area contributed by atoms with Crippen molar-refractivity contribution in [3.63, 3.8) is 0 Å². The standard InChI is InChI=1S/C16H21N5OS/c1-20(23-17)11-6-16(7-11)9-21(10-16)15-8-18-19-14-5-12(22-2)3-4-13(14)15/h3-5,8,11H,6-7,9-10,17H2,1-2H3. The molecule has 122 valence electrons. The minimum Gasteiger partial charge on any atom is -0.497 e. The lowest BCUT2D eigenvalue weighted by Crippen LogP contribution is -2.65. The molecule has 0 unspecified atom stereocenters. The van der Waals surface area contributed by atoms with Crippen molar-refractivity contribution in [3.8, 4) is 5.75 Å². The molecular weight excluding hydrogens is 310 g/mol. The Morgan fingerprint density at radius 2 is 2.17 bits per heavy atom. The summed E-state index contributed by atoms with van der Waals surface area (Å²) < 4.78 is 7.44. The average Bonchev–Trinajstić information content (AvgIpc) is 2.51. The summed E-state index contributed by atoms with van der Waals surface area (Å²) in [4.78, 5) is 2.41. The largest absolute Gasteiger partial charge is 0.497 e. The summed E-state index contributed by atoms with van der Waals surface area (Å²) in [5.74, 6) is 0.813. The first-order valence-corrected chi connectivity index (χ1v) is 8.62. The smallest absolute Gasteiger partial charge is 0.121 e. The van der Waals surface area contributed by atoms with Crippen LogP contribution in [0.15, 0.2) is 24.4 Å². The van der Waals surface area contributed by atoms with Gasteiger partial charge in [0.1, 0.15) is 5.75 Å². The molecule has 1 aromatic heterocycles. The highest BCUT2D eigenvalue weighted by molar-refractivity contribution is 7.94. The summed E-state index contributed by atoms with van der Waals surface area (Å²) in [6.07, 6.45) is 4.34. The van der Waals surface area contributed by atoms with Crippen LogP contribution >= 0.6 is 12.1 Å². The maximum Gasteiger partial charge on any atom is 0.121 e. The Morgan fingerprint density at radius 1 is 1.39 bits per heavy atom.